The van der Waals surface area contributed by atoms with Crippen LogP contribution in [0, 0.1) is 0 Å². The molecule has 0 unspecified atom stereocenters. The molecule has 10 aromatic carbocycles. The van der Waals surface area contributed by atoms with E-state index in [1.54, 1.807) is 0 Å². The van der Waals surface area contributed by atoms with Gasteiger partial charge in [0.15, 0.2) is 0 Å². The molecule has 0 atom stereocenters. The van der Waals surface area contributed by atoms with Crippen molar-refractivity contribution < 1.29 is 0 Å². The molecule has 0 amide bonds. The molecule has 11 rings (SSSR count). The minimum Gasteiger partial charge on any atom is -0.311 e. The third-order valence-electron chi connectivity index (χ3n) is 12.4. The molecule has 0 saturated carbocycles. The SMILES string of the molecule is CC1(C)c2ccccc2-c2c(-c3ccc(-c4cc5ccccc5c5ccccc45)cc3)c(-c3ccc(N(c4ccccc4)c4ccccc4)cc3)c3ccccc3c21. The molecule has 0 heterocycles. The van der Waals surface area contributed by atoms with Crippen molar-refractivity contribution in [3.63, 3.8) is 0 Å². The zero-order chi connectivity index (χ0) is 38.8. The highest BCUT2D eigenvalue weighted by Gasteiger charge is 2.40. The second-order valence-corrected chi connectivity index (χ2v) is 16.0. The number of para-hydroxylation sites is 2. The van der Waals surface area contributed by atoms with E-state index in [0.29, 0.717) is 0 Å². The Bertz CT molecular complexity index is 3120. The third-order valence-corrected chi connectivity index (χ3v) is 12.4. The van der Waals surface area contributed by atoms with Gasteiger partial charge >= 0.3 is 0 Å². The lowest BCUT2D eigenvalue weighted by atomic mass is 9.77. The summed E-state index contributed by atoms with van der Waals surface area (Å²) in [6, 6.07) is 78.0. The van der Waals surface area contributed by atoms with E-state index < -0.39 is 0 Å². The fraction of sp³-hybridized carbons (Fsp3) is 0.0526. The van der Waals surface area contributed by atoms with Gasteiger partial charge in [-0.05, 0) is 130 Å². The van der Waals surface area contributed by atoms with E-state index in [2.05, 4.69) is 231 Å². The molecular weight excluding hydrogens is 699 g/mol. The number of benzene rings is 10. The van der Waals surface area contributed by atoms with Crippen molar-refractivity contribution in [3.8, 4) is 44.5 Å². The molecule has 58 heavy (non-hydrogen) atoms. The third kappa shape index (κ3) is 5.31. The van der Waals surface area contributed by atoms with Gasteiger partial charge in [-0.3, -0.25) is 0 Å². The van der Waals surface area contributed by atoms with Crippen LogP contribution in [0.5, 0.6) is 0 Å². The van der Waals surface area contributed by atoms with Gasteiger partial charge in [-0.2, -0.15) is 0 Å². The van der Waals surface area contributed by atoms with Crippen molar-refractivity contribution in [3.05, 3.63) is 223 Å². The summed E-state index contributed by atoms with van der Waals surface area (Å²) in [7, 11) is 0. The molecule has 0 saturated heterocycles. The Hall–Kier alpha value is -7.22. The minimum atomic E-state index is -0.168. The molecular formula is C57H41N. The highest BCUT2D eigenvalue weighted by atomic mass is 15.1. The number of fused-ring (bicyclic) bond motifs is 8. The molecule has 0 bridgehead atoms. The first-order valence-corrected chi connectivity index (χ1v) is 20.3. The summed E-state index contributed by atoms with van der Waals surface area (Å²) in [5.41, 5.74) is 16.1. The van der Waals surface area contributed by atoms with Gasteiger partial charge in [0.05, 0.1) is 0 Å². The van der Waals surface area contributed by atoms with Gasteiger partial charge in [0.1, 0.15) is 0 Å². The van der Waals surface area contributed by atoms with Crippen molar-refractivity contribution in [1.82, 2.24) is 0 Å². The average Bonchev–Trinajstić information content (AvgIpc) is 3.53. The van der Waals surface area contributed by atoms with Crippen LogP contribution < -0.4 is 4.90 Å². The number of anilines is 3. The maximum Gasteiger partial charge on any atom is 0.0462 e. The van der Waals surface area contributed by atoms with Crippen molar-refractivity contribution in [2.45, 2.75) is 19.3 Å². The molecule has 0 fully saturated rings. The predicted octanol–water partition coefficient (Wildman–Crippen LogP) is 15.9. The number of hydrogen-bond donors (Lipinski definition) is 0. The van der Waals surface area contributed by atoms with Crippen LogP contribution in [0.2, 0.25) is 0 Å². The minimum absolute atomic E-state index is 0.168. The Kier molecular flexibility index (Phi) is 7.91. The molecule has 10 aromatic rings. The highest BCUT2D eigenvalue weighted by Crippen LogP contribution is 2.58. The lowest BCUT2D eigenvalue weighted by Gasteiger charge is -2.27. The maximum absolute atomic E-state index is 2.40. The van der Waals surface area contributed by atoms with Gasteiger partial charge in [0.25, 0.3) is 0 Å². The van der Waals surface area contributed by atoms with Crippen molar-refractivity contribution in [1.29, 1.82) is 0 Å². The number of hydrogen-bond acceptors (Lipinski definition) is 1. The monoisotopic (exact) mass is 739 g/mol. The van der Waals surface area contributed by atoms with Crippen molar-refractivity contribution >= 4 is 49.4 Å². The second kappa shape index (κ2) is 13.5. The van der Waals surface area contributed by atoms with Crippen LogP contribution >= 0.6 is 0 Å². The molecule has 274 valence electrons. The largest absolute Gasteiger partial charge is 0.311 e. The van der Waals surface area contributed by atoms with Crippen LogP contribution in [0.15, 0.2) is 212 Å². The standard InChI is InChI=1S/C57H41N/c1-57(2)52-28-16-15-27-50(52)55-54(40-31-29-38(30-32-40)51-37-41-17-9-10-22-45(41)46-23-11-12-24-47(46)51)53(48-25-13-14-26-49(48)56(55)57)39-33-35-44(36-34-39)58(42-18-5-3-6-19-42)43-20-7-4-8-21-43/h3-37H,1-2H3. The normalized spacial score (nSPS) is 12.8. The Morgan fingerprint density at radius 2 is 0.810 bits per heavy atom. The van der Waals surface area contributed by atoms with Crippen LogP contribution in [0.4, 0.5) is 17.1 Å². The van der Waals surface area contributed by atoms with Crippen LogP contribution in [-0.2, 0) is 5.41 Å². The molecule has 0 N–H and O–H groups in total. The molecule has 1 nitrogen and oxygen atoms in total. The van der Waals surface area contributed by atoms with Crippen molar-refractivity contribution in [2.24, 2.45) is 0 Å². The van der Waals surface area contributed by atoms with E-state index in [0.717, 1.165) is 17.1 Å². The molecule has 0 radical (unpaired) electrons. The van der Waals surface area contributed by atoms with Gasteiger partial charge in [-0.1, -0.05) is 184 Å². The summed E-state index contributed by atoms with van der Waals surface area (Å²) in [5, 5.41) is 7.70. The van der Waals surface area contributed by atoms with Crippen LogP contribution in [0.1, 0.15) is 25.0 Å². The molecule has 1 aliphatic rings. The predicted molar refractivity (Wildman–Crippen MR) is 248 cm³/mol. The van der Waals surface area contributed by atoms with E-state index in [1.807, 2.05) is 0 Å². The van der Waals surface area contributed by atoms with Gasteiger partial charge in [-0.15, -0.1) is 0 Å². The quantitative estimate of drug-likeness (QED) is 0.154. The van der Waals surface area contributed by atoms with Gasteiger partial charge in [0, 0.05) is 22.5 Å². The lowest BCUT2D eigenvalue weighted by Crippen LogP contribution is -2.15. The lowest BCUT2D eigenvalue weighted by molar-refractivity contribution is 0.666. The molecule has 0 spiro atoms. The summed E-state index contributed by atoms with van der Waals surface area (Å²) < 4.78 is 0. The van der Waals surface area contributed by atoms with E-state index in [1.165, 1.54) is 88.0 Å². The first-order chi connectivity index (χ1) is 28.6. The summed E-state index contributed by atoms with van der Waals surface area (Å²) in [5.74, 6) is 0. The Morgan fingerprint density at radius 3 is 1.50 bits per heavy atom. The highest BCUT2D eigenvalue weighted by molar-refractivity contribution is 6.16. The molecule has 1 heteroatoms. The van der Waals surface area contributed by atoms with E-state index in [9.17, 15) is 0 Å². The van der Waals surface area contributed by atoms with Gasteiger partial charge in [-0.25, -0.2) is 0 Å². The Labute approximate surface area is 340 Å². The van der Waals surface area contributed by atoms with Crippen LogP contribution in [0.25, 0.3) is 76.8 Å². The van der Waals surface area contributed by atoms with Gasteiger partial charge < -0.3 is 4.90 Å². The summed E-state index contributed by atoms with van der Waals surface area (Å²) in [6.07, 6.45) is 0. The molecule has 0 aliphatic heterocycles. The van der Waals surface area contributed by atoms with Crippen molar-refractivity contribution in [2.75, 3.05) is 4.90 Å². The van der Waals surface area contributed by atoms with E-state index in [-0.39, 0.29) is 5.41 Å². The summed E-state index contributed by atoms with van der Waals surface area (Å²) >= 11 is 0. The summed E-state index contributed by atoms with van der Waals surface area (Å²) in [4.78, 5) is 2.33. The Morgan fingerprint density at radius 1 is 0.328 bits per heavy atom. The fourth-order valence-electron chi connectivity index (χ4n) is 9.81. The molecule has 0 aromatic heterocycles. The van der Waals surface area contributed by atoms with E-state index in [4.69, 9.17) is 0 Å². The maximum atomic E-state index is 2.40. The first-order valence-electron chi connectivity index (χ1n) is 20.3. The second-order valence-electron chi connectivity index (χ2n) is 16.0. The van der Waals surface area contributed by atoms with Crippen LogP contribution in [-0.4, -0.2) is 0 Å². The summed E-state index contributed by atoms with van der Waals surface area (Å²) in [6.45, 7) is 4.80. The average molecular weight is 740 g/mol. The topological polar surface area (TPSA) is 3.24 Å². The zero-order valence-corrected chi connectivity index (χ0v) is 32.7. The zero-order valence-electron chi connectivity index (χ0n) is 32.7. The molecule has 1 aliphatic carbocycles. The number of rotatable bonds is 6. The first kappa shape index (κ1) is 34.1. The smallest absolute Gasteiger partial charge is 0.0462 e. The van der Waals surface area contributed by atoms with E-state index >= 15 is 0 Å². The Balaban J connectivity index is 1.15. The fourth-order valence-corrected chi connectivity index (χ4v) is 9.81. The number of nitrogens with zero attached hydrogens (tertiary/aromatic N) is 1. The van der Waals surface area contributed by atoms with Gasteiger partial charge in [0.2, 0.25) is 0 Å². The van der Waals surface area contributed by atoms with Crippen LogP contribution in [0.3, 0.4) is 0 Å².